The van der Waals surface area contributed by atoms with E-state index in [0.29, 0.717) is 13.2 Å². The lowest BCUT2D eigenvalue weighted by molar-refractivity contribution is 0.297. The highest BCUT2D eigenvalue weighted by molar-refractivity contribution is 5.94. The molecule has 0 atom stereocenters. The number of benzene rings is 1. The number of hydrogen-bond acceptors (Lipinski definition) is 4. The second kappa shape index (κ2) is 4.54. The summed E-state index contributed by atoms with van der Waals surface area (Å²) in [7, 11) is 0. The van der Waals surface area contributed by atoms with Gasteiger partial charge in [0.25, 0.3) is 0 Å². The van der Waals surface area contributed by atoms with Gasteiger partial charge in [-0.2, -0.15) is 0 Å². The fourth-order valence-corrected chi connectivity index (χ4v) is 3.12. The van der Waals surface area contributed by atoms with Crippen molar-refractivity contribution < 1.29 is 9.47 Å². The highest BCUT2D eigenvalue weighted by Gasteiger charge is 2.19. The Kier molecular flexibility index (Phi) is 2.69. The number of aryl methyl sites for hydroxylation is 1. The molecule has 2 aromatic rings. The molecule has 20 heavy (non-hydrogen) atoms. The van der Waals surface area contributed by atoms with Gasteiger partial charge in [-0.15, -0.1) is 0 Å². The zero-order chi connectivity index (χ0) is 13.5. The minimum absolute atomic E-state index is 0.691. The Morgan fingerprint density at radius 2 is 1.70 bits per heavy atom. The number of aromatic nitrogens is 1. The Labute approximate surface area is 117 Å². The van der Waals surface area contributed by atoms with Crippen molar-refractivity contribution in [3.8, 4) is 11.5 Å². The van der Waals surface area contributed by atoms with Crippen LogP contribution in [0.5, 0.6) is 11.5 Å². The third kappa shape index (κ3) is 1.79. The number of rotatable bonds is 0. The summed E-state index contributed by atoms with van der Waals surface area (Å²) in [6.45, 7) is 1.38. The van der Waals surface area contributed by atoms with E-state index in [-0.39, 0.29) is 0 Å². The SMILES string of the molecule is Nc1c2c(nc3cc4c(cc13)OCCCO4)CCCC2. The van der Waals surface area contributed by atoms with Crippen molar-refractivity contribution in [1.29, 1.82) is 0 Å². The Hall–Kier alpha value is -1.97. The lowest BCUT2D eigenvalue weighted by Crippen LogP contribution is -2.09. The van der Waals surface area contributed by atoms with E-state index in [1.165, 1.54) is 18.4 Å². The van der Waals surface area contributed by atoms with E-state index in [0.717, 1.165) is 53.0 Å². The minimum atomic E-state index is 0.691. The average Bonchev–Trinajstić information content (AvgIpc) is 2.70. The molecule has 0 spiro atoms. The first-order chi connectivity index (χ1) is 9.83. The summed E-state index contributed by atoms with van der Waals surface area (Å²) in [5.41, 5.74) is 10.6. The molecular weight excluding hydrogens is 252 g/mol. The van der Waals surface area contributed by atoms with Crippen LogP contribution in [0, 0.1) is 0 Å². The third-order valence-electron chi connectivity index (χ3n) is 4.18. The maximum Gasteiger partial charge on any atom is 0.163 e. The van der Waals surface area contributed by atoms with Crippen LogP contribution in [0.3, 0.4) is 0 Å². The number of pyridine rings is 1. The van der Waals surface area contributed by atoms with E-state index in [2.05, 4.69) is 0 Å². The molecule has 0 saturated carbocycles. The number of hydrogen-bond donors (Lipinski definition) is 1. The minimum Gasteiger partial charge on any atom is -0.490 e. The normalized spacial score (nSPS) is 17.6. The largest absolute Gasteiger partial charge is 0.490 e. The van der Waals surface area contributed by atoms with Crippen LogP contribution in [0.2, 0.25) is 0 Å². The van der Waals surface area contributed by atoms with Crippen LogP contribution >= 0.6 is 0 Å². The molecule has 0 fully saturated rings. The van der Waals surface area contributed by atoms with E-state index in [1.807, 2.05) is 12.1 Å². The molecule has 104 valence electrons. The van der Waals surface area contributed by atoms with Crippen LogP contribution in [-0.2, 0) is 12.8 Å². The quantitative estimate of drug-likeness (QED) is 0.799. The van der Waals surface area contributed by atoms with E-state index < -0.39 is 0 Å². The molecule has 1 aromatic heterocycles. The molecule has 2 aliphatic rings. The molecular formula is C16H18N2O2. The number of nitrogens with zero attached hydrogens (tertiary/aromatic N) is 1. The summed E-state index contributed by atoms with van der Waals surface area (Å²) >= 11 is 0. The molecule has 1 aliphatic heterocycles. The van der Waals surface area contributed by atoms with Gasteiger partial charge in [0.1, 0.15) is 0 Å². The van der Waals surface area contributed by atoms with Gasteiger partial charge < -0.3 is 15.2 Å². The molecule has 1 aliphatic carbocycles. The van der Waals surface area contributed by atoms with Crippen LogP contribution in [0.15, 0.2) is 12.1 Å². The summed E-state index contributed by atoms with van der Waals surface area (Å²) in [5.74, 6) is 1.58. The van der Waals surface area contributed by atoms with Gasteiger partial charge in [-0.25, -0.2) is 0 Å². The Balaban J connectivity index is 1.95. The van der Waals surface area contributed by atoms with Crippen molar-refractivity contribution in [3.05, 3.63) is 23.4 Å². The van der Waals surface area contributed by atoms with Crippen molar-refractivity contribution in [2.45, 2.75) is 32.1 Å². The summed E-state index contributed by atoms with van der Waals surface area (Å²) in [6, 6.07) is 3.97. The van der Waals surface area contributed by atoms with Crippen LogP contribution in [-0.4, -0.2) is 18.2 Å². The monoisotopic (exact) mass is 270 g/mol. The summed E-state index contributed by atoms with van der Waals surface area (Å²) in [4.78, 5) is 4.80. The van der Waals surface area contributed by atoms with Gasteiger partial charge in [0.15, 0.2) is 11.5 Å². The topological polar surface area (TPSA) is 57.4 Å². The van der Waals surface area contributed by atoms with Gasteiger partial charge in [0.2, 0.25) is 0 Å². The maximum atomic E-state index is 6.38. The molecule has 4 nitrogen and oxygen atoms in total. The zero-order valence-corrected chi connectivity index (χ0v) is 11.4. The van der Waals surface area contributed by atoms with Crippen LogP contribution < -0.4 is 15.2 Å². The fourth-order valence-electron chi connectivity index (χ4n) is 3.12. The first-order valence-electron chi connectivity index (χ1n) is 7.33. The van der Waals surface area contributed by atoms with E-state index in [9.17, 15) is 0 Å². The van der Waals surface area contributed by atoms with E-state index >= 15 is 0 Å². The van der Waals surface area contributed by atoms with Crippen LogP contribution in [0.1, 0.15) is 30.5 Å². The third-order valence-corrected chi connectivity index (χ3v) is 4.18. The van der Waals surface area contributed by atoms with Gasteiger partial charge in [0.05, 0.1) is 18.7 Å². The number of nitrogens with two attached hydrogens (primary N) is 1. The molecule has 1 aromatic carbocycles. The highest BCUT2D eigenvalue weighted by Crippen LogP contribution is 2.38. The average molecular weight is 270 g/mol. The Morgan fingerprint density at radius 3 is 2.55 bits per heavy atom. The first kappa shape index (κ1) is 11.8. The summed E-state index contributed by atoms with van der Waals surface area (Å²) < 4.78 is 11.5. The standard InChI is InChI=1S/C16H18N2O2/c17-16-10-4-1-2-5-12(10)18-13-9-15-14(8-11(13)16)19-6-3-7-20-15/h8-9H,1-7H2,(H2,17,18). The molecule has 2 heterocycles. The highest BCUT2D eigenvalue weighted by atomic mass is 16.5. The van der Waals surface area contributed by atoms with Gasteiger partial charge in [-0.05, 0) is 37.3 Å². The molecule has 4 heteroatoms. The van der Waals surface area contributed by atoms with Crippen molar-refractivity contribution in [3.63, 3.8) is 0 Å². The summed E-state index contributed by atoms with van der Waals surface area (Å²) in [6.07, 6.45) is 5.39. The summed E-state index contributed by atoms with van der Waals surface area (Å²) in [5, 5.41) is 0.995. The molecule has 2 N–H and O–H groups in total. The molecule has 0 radical (unpaired) electrons. The fraction of sp³-hybridized carbons (Fsp3) is 0.438. The lowest BCUT2D eigenvalue weighted by atomic mass is 9.93. The van der Waals surface area contributed by atoms with Crippen molar-refractivity contribution in [1.82, 2.24) is 4.98 Å². The van der Waals surface area contributed by atoms with Crippen LogP contribution in [0.4, 0.5) is 5.69 Å². The molecule has 0 saturated heterocycles. The number of anilines is 1. The number of fused-ring (bicyclic) bond motifs is 3. The number of ether oxygens (including phenoxy) is 2. The van der Waals surface area contributed by atoms with Crippen molar-refractivity contribution in [2.75, 3.05) is 18.9 Å². The molecule has 0 bridgehead atoms. The van der Waals surface area contributed by atoms with E-state index in [4.69, 9.17) is 20.2 Å². The van der Waals surface area contributed by atoms with Crippen molar-refractivity contribution >= 4 is 16.6 Å². The van der Waals surface area contributed by atoms with Crippen LogP contribution in [0.25, 0.3) is 10.9 Å². The first-order valence-corrected chi connectivity index (χ1v) is 7.33. The zero-order valence-electron chi connectivity index (χ0n) is 11.4. The van der Waals surface area contributed by atoms with Gasteiger partial charge in [-0.1, -0.05) is 0 Å². The van der Waals surface area contributed by atoms with E-state index in [1.54, 1.807) is 0 Å². The smallest absolute Gasteiger partial charge is 0.163 e. The van der Waals surface area contributed by atoms with Gasteiger partial charge in [0, 0.05) is 29.3 Å². The lowest BCUT2D eigenvalue weighted by Gasteiger charge is -2.19. The second-order valence-corrected chi connectivity index (χ2v) is 5.52. The van der Waals surface area contributed by atoms with Gasteiger partial charge >= 0.3 is 0 Å². The molecule has 4 rings (SSSR count). The molecule has 0 unspecified atom stereocenters. The molecule has 0 amide bonds. The number of nitrogen functional groups attached to an aromatic ring is 1. The Morgan fingerprint density at radius 1 is 0.950 bits per heavy atom. The van der Waals surface area contributed by atoms with Gasteiger partial charge in [-0.3, -0.25) is 4.98 Å². The predicted octanol–water partition coefficient (Wildman–Crippen LogP) is 2.86. The maximum absolute atomic E-state index is 6.38. The Bertz CT molecular complexity index is 682. The van der Waals surface area contributed by atoms with Crippen molar-refractivity contribution in [2.24, 2.45) is 0 Å². The second-order valence-electron chi connectivity index (χ2n) is 5.52. The predicted molar refractivity (Wildman–Crippen MR) is 78.4 cm³/mol.